The highest BCUT2D eigenvalue weighted by atomic mass is 16.5. The van der Waals surface area contributed by atoms with Gasteiger partial charge in [-0.05, 0) is 12.5 Å². The van der Waals surface area contributed by atoms with Crippen molar-refractivity contribution in [2.75, 3.05) is 7.11 Å². The number of rotatable bonds is 14. The number of carbonyl (C=O) groups is 2. The Kier molecular flexibility index (Phi) is 9.81. The molecule has 154 valence electrons. The SMILES string of the molecule is CCCCCCCCCCCCC(C(=O)OC)n1cc(C=O)c2ccccc21. The molecule has 2 aromatic rings. The summed E-state index contributed by atoms with van der Waals surface area (Å²) in [5.41, 5.74) is 1.53. The van der Waals surface area contributed by atoms with E-state index in [4.69, 9.17) is 4.74 Å². The first-order valence-electron chi connectivity index (χ1n) is 10.9. The second-order valence-electron chi connectivity index (χ2n) is 7.64. The predicted octanol–water partition coefficient (Wildman–Crippen LogP) is 6.48. The number of nitrogens with zero attached hydrogens (tertiary/aromatic N) is 1. The van der Waals surface area contributed by atoms with Crippen molar-refractivity contribution in [1.29, 1.82) is 0 Å². The van der Waals surface area contributed by atoms with Crippen molar-refractivity contribution in [3.05, 3.63) is 36.0 Å². The zero-order valence-corrected chi connectivity index (χ0v) is 17.5. The fourth-order valence-corrected chi connectivity index (χ4v) is 3.92. The summed E-state index contributed by atoms with van der Waals surface area (Å²) in [7, 11) is 1.43. The van der Waals surface area contributed by atoms with E-state index in [1.807, 2.05) is 28.8 Å². The monoisotopic (exact) mass is 385 g/mol. The van der Waals surface area contributed by atoms with E-state index in [1.54, 1.807) is 6.20 Å². The van der Waals surface area contributed by atoms with Gasteiger partial charge in [-0.25, -0.2) is 4.79 Å². The van der Waals surface area contributed by atoms with Crippen LogP contribution in [0.3, 0.4) is 0 Å². The standard InChI is InChI=1S/C24H35NO3/c1-3-4-5-6-7-8-9-10-11-12-17-23(24(27)28-2)25-18-20(19-26)21-15-13-14-16-22(21)25/h13-16,18-19,23H,3-12,17H2,1-2H3. The Labute approximate surface area is 169 Å². The van der Waals surface area contributed by atoms with Crippen LogP contribution >= 0.6 is 0 Å². The van der Waals surface area contributed by atoms with Gasteiger partial charge >= 0.3 is 5.97 Å². The molecule has 0 bridgehead atoms. The van der Waals surface area contributed by atoms with Crippen LogP contribution in [0.2, 0.25) is 0 Å². The molecule has 0 amide bonds. The fourth-order valence-electron chi connectivity index (χ4n) is 3.92. The summed E-state index contributed by atoms with van der Waals surface area (Å²) >= 11 is 0. The lowest BCUT2D eigenvalue weighted by molar-refractivity contribution is -0.144. The number of hydrogen-bond acceptors (Lipinski definition) is 3. The van der Waals surface area contributed by atoms with Crippen LogP contribution in [0.25, 0.3) is 10.9 Å². The molecule has 0 spiro atoms. The van der Waals surface area contributed by atoms with Gasteiger partial charge in [0.05, 0.1) is 7.11 Å². The number of hydrogen-bond donors (Lipinski definition) is 0. The van der Waals surface area contributed by atoms with Gasteiger partial charge in [-0.3, -0.25) is 4.79 Å². The molecule has 1 heterocycles. The van der Waals surface area contributed by atoms with E-state index in [0.717, 1.165) is 36.5 Å². The molecule has 1 aromatic heterocycles. The number of ether oxygens (including phenoxy) is 1. The summed E-state index contributed by atoms with van der Waals surface area (Å²) in [4.78, 5) is 23.8. The molecule has 0 aliphatic heterocycles. The third kappa shape index (κ3) is 6.22. The van der Waals surface area contributed by atoms with Gasteiger partial charge in [0.2, 0.25) is 0 Å². The van der Waals surface area contributed by atoms with Crippen LogP contribution in [0.15, 0.2) is 30.5 Å². The normalized spacial score (nSPS) is 12.2. The van der Waals surface area contributed by atoms with Crippen LogP contribution in [-0.2, 0) is 9.53 Å². The Morgan fingerprint density at radius 2 is 1.61 bits per heavy atom. The zero-order valence-electron chi connectivity index (χ0n) is 17.5. The summed E-state index contributed by atoms with van der Waals surface area (Å²) in [5.74, 6) is -0.242. The molecule has 0 saturated heterocycles. The second kappa shape index (κ2) is 12.4. The fraction of sp³-hybridized carbons (Fsp3) is 0.583. The summed E-state index contributed by atoms with van der Waals surface area (Å²) in [6.07, 6.45) is 16.0. The molecule has 0 fully saturated rings. The van der Waals surface area contributed by atoms with Crippen molar-refractivity contribution in [2.45, 2.75) is 83.6 Å². The van der Waals surface area contributed by atoms with Gasteiger partial charge in [0, 0.05) is 22.7 Å². The van der Waals surface area contributed by atoms with Crippen LogP contribution in [-0.4, -0.2) is 23.9 Å². The maximum absolute atomic E-state index is 12.4. The lowest BCUT2D eigenvalue weighted by Gasteiger charge is -2.18. The van der Waals surface area contributed by atoms with Crippen LogP contribution in [0.1, 0.15) is 94.0 Å². The average molecular weight is 386 g/mol. The lowest BCUT2D eigenvalue weighted by atomic mass is 10.0. The first-order valence-corrected chi connectivity index (χ1v) is 10.9. The summed E-state index contributed by atoms with van der Waals surface area (Å²) < 4.78 is 6.97. The number of para-hydroxylation sites is 1. The number of carbonyl (C=O) groups excluding carboxylic acids is 2. The molecule has 4 nitrogen and oxygen atoms in total. The quantitative estimate of drug-likeness (QED) is 0.212. The molecule has 4 heteroatoms. The van der Waals surface area contributed by atoms with E-state index >= 15 is 0 Å². The van der Waals surface area contributed by atoms with Crippen LogP contribution < -0.4 is 0 Å². The van der Waals surface area contributed by atoms with Gasteiger partial charge in [0.25, 0.3) is 0 Å². The number of benzene rings is 1. The van der Waals surface area contributed by atoms with Gasteiger partial charge in [0.15, 0.2) is 6.29 Å². The van der Waals surface area contributed by atoms with Crippen molar-refractivity contribution in [1.82, 2.24) is 4.57 Å². The minimum atomic E-state index is -0.377. The number of aromatic nitrogens is 1. The van der Waals surface area contributed by atoms with Crippen molar-refractivity contribution in [2.24, 2.45) is 0 Å². The lowest BCUT2D eigenvalue weighted by Crippen LogP contribution is -2.20. The Bertz CT molecular complexity index is 735. The molecule has 0 N–H and O–H groups in total. The molecular weight excluding hydrogens is 350 g/mol. The van der Waals surface area contributed by atoms with E-state index in [2.05, 4.69) is 6.92 Å². The average Bonchev–Trinajstić information content (AvgIpc) is 3.10. The molecule has 0 saturated carbocycles. The molecule has 0 radical (unpaired) electrons. The first kappa shape index (κ1) is 22.2. The van der Waals surface area contributed by atoms with Crippen LogP contribution in [0.4, 0.5) is 0 Å². The van der Waals surface area contributed by atoms with Gasteiger partial charge in [0.1, 0.15) is 6.04 Å². The minimum Gasteiger partial charge on any atom is -0.467 e. The maximum Gasteiger partial charge on any atom is 0.328 e. The van der Waals surface area contributed by atoms with Gasteiger partial charge in [-0.15, -0.1) is 0 Å². The number of fused-ring (bicyclic) bond motifs is 1. The minimum absolute atomic E-state index is 0.242. The van der Waals surface area contributed by atoms with Gasteiger partial charge < -0.3 is 9.30 Å². The van der Waals surface area contributed by atoms with E-state index < -0.39 is 0 Å². The Balaban J connectivity index is 1.87. The summed E-state index contributed by atoms with van der Waals surface area (Å²) in [6.45, 7) is 2.25. The number of methoxy groups -OCH3 is 1. The Morgan fingerprint density at radius 1 is 1.00 bits per heavy atom. The number of esters is 1. The van der Waals surface area contributed by atoms with E-state index in [0.29, 0.717) is 5.56 Å². The maximum atomic E-state index is 12.4. The van der Waals surface area contributed by atoms with Gasteiger partial charge in [-0.2, -0.15) is 0 Å². The highest BCUT2D eigenvalue weighted by molar-refractivity contribution is 5.98. The van der Waals surface area contributed by atoms with Crippen LogP contribution in [0.5, 0.6) is 0 Å². The molecule has 0 aliphatic rings. The predicted molar refractivity (Wildman–Crippen MR) is 115 cm³/mol. The molecule has 1 unspecified atom stereocenters. The van der Waals surface area contributed by atoms with Crippen molar-refractivity contribution < 1.29 is 14.3 Å². The number of unbranched alkanes of at least 4 members (excludes halogenated alkanes) is 9. The van der Waals surface area contributed by atoms with E-state index in [9.17, 15) is 9.59 Å². The van der Waals surface area contributed by atoms with Crippen molar-refractivity contribution in [3.8, 4) is 0 Å². The van der Waals surface area contributed by atoms with Crippen LogP contribution in [0, 0.1) is 0 Å². The highest BCUT2D eigenvalue weighted by Crippen LogP contribution is 2.27. The summed E-state index contributed by atoms with van der Waals surface area (Å²) in [5, 5.41) is 0.884. The topological polar surface area (TPSA) is 48.3 Å². The molecule has 2 rings (SSSR count). The van der Waals surface area contributed by atoms with Gasteiger partial charge in [-0.1, -0.05) is 89.3 Å². The molecule has 1 aromatic carbocycles. The molecule has 0 aliphatic carbocycles. The first-order chi connectivity index (χ1) is 13.7. The van der Waals surface area contributed by atoms with E-state index in [-0.39, 0.29) is 12.0 Å². The molecular formula is C24H35NO3. The van der Waals surface area contributed by atoms with E-state index in [1.165, 1.54) is 58.5 Å². The second-order valence-corrected chi connectivity index (χ2v) is 7.64. The molecule has 28 heavy (non-hydrogen) atoms. The zero-order chi connectivity index (χ0) is 20.2. The van der Waals surface area contributed by atoms with Crippen molar-refractivity contribution >= 4 is 23.2 Å². The Morgan fingerprint density at radius 3 is 2.21 bits per heavy atom. The smallest absolute Gasteiger partial charge is 0.328 e. The Hall–Kier alpha value is -2.10. The van der Waals surface area contributed by atoms with Crippen molar-refractivity contribution in [3.63, 3.8) is 0 Å². The third-order valence-corrected chi connectivity index (χ3v) is 5.54. The summed E-state index contributed by atoms with van der Waals surface area (Å²) in [6, 6.07) is 7.34. The highest BCUT2D eigenvalue weighted by Gasteiger charge is 2.23. The largest absolute Gasteiger partial charge is 0.467 e. The molecule has 1 atom stereocenters. The number of aldehydes is 1. The third-order valence-electron chi connectivity index (χ3n) is 5.54.